The molecule has 3 aliphatic rings. The number of rotatable bonds is 4. The maximum absolute atomic E-state index is 13.2. The Morgan fingerprint density at radius 1 is 1.00 bits per heavy atom. The number of piperidine rings is 1. The zero-order valence-electron chi connectivity index (χ0n) is 18.3. The van der Waals surface area contributed by atoms with Crippen molar-refractivity contribution in [3.63, 3.8) is 0 Å². The number of fused-ring (bicyclic) bond motifs is 1. The number of carbonyl (C=O) groups excluding carboxylic acids is 1. The van der Waals surface area contributed by atoms with Crippen LogP contribution in [0.25, 0.3) is 0 Å². The number of carbonyl (C=O) groups is 1. The molecule has 1 N–H and O–H groups in total. The standard InChI is InChI=1S/C24H27FN2O5S/c25-18-6-9-20(10-7-18)33(29,30)27-14-4-5-17(16-27)23(28)26-19-8-11-21-22(15-19)32-24(31-21)12-2-1-3-13-24/h6-11,15,17H,1-5,12-14,16H2,(H,26,28). The fourth-order valence-electron chi connectivity index (χ4n) is 4.84. The molecule has 9 heteroatoms. The Labute approximate surface area is 192 Å². The molecule has 1 unspecified atom stereocenters. The van der Waals surface area contributed by atoms with E-state index in [1.807, 2.05) is 0 Å². The fourth-order valence-corrected chi connectivity index (χ4v) is 6.36. The molecule has 1 spiro atoms. The van der Waals surface area contributed by atoms with Gasteiger partial charge in [-0.3, -0.25) is 4.79 Å². The SMILES string of the molecule is O=C(Nc1ccc2c(c1)OC1(CCCCC1)O2)C1CCCN(S(=O)(=O)c2ccc(F)cc2)C1. The Kier molecular flexibility index (Phi) is 5.78. The van der Waals surface area contributed by atoms with E-state index in [1.54, 1.807) is 18.2 Å². The maximum Gasteiger partial charge on any atom is 0.251 e. The molecular weight excluding hydrogens is 447 g/mol. The van der Waals surface area contributed by atoms with Gasteiger partial charge in [0.1, 0.15) is 5.82 Å². The maximum atomic E-state index is 13.2. The molecule has 7 nitrogen and oxygen atoms in total. The molecule has 2 aliphatic heterocycles. The van der Waals surface area contributed by atoms with Crippen LogP contribution in [0.5, 0.6) is 11.5 Å². The molecule has 2 heterocycles. The van der Waals surface area contributed by atoms with Crippen molar-refractivity contribution in [1.82, 2.24) is 4.31 Å². The quantitative estimate of drug-likeness (QED) is 0.714. The van der Waals surface area contributed by atoms with E-state index in [4.69, 9.17) is 9.47 Å². The number of halogens is 1. The van der Waals surface area contributed by atoms with Gasteiger partial charge in [-0.1, -0.05) is 6.42 Å². The van der Waals surface area contributed by atoms with Gasteiger partial charge in [0.05, 0.1) is 10.8 Å². The summed E-state index contributed by atoms with van der Waals surface area (Å²) in [5, 5.41) is 2.91. The highest BCUT2D eigenvalue weighted by Gasteiger charge is 2.42. The predicted molar refractivity (Wildman–Crippen MR) is 120 cm³/mol. The van der Waals surface area contributed by atoms with Crippen LogP contribution in [0.3, 0.4) is 0 Å². The second-order valence-electron chi connectivity index (χ2n) is 8.98. The lowest BCUT2D eigenvalue weighted by atomic mass is 9.94. The van der Waals surface area contributed by atoms with Crippen molar-refractivity contribution in [3.05, 3.63) is 48.3 Å². The summed E-state index contributed by atoms with van der Waals surface area (Å²) < 4.78 is 52.6. The van der Waals surface area contributed by atoms with E-state index >= 15 is 0 Å². The molecule has 1 atom stereocenters. The lowest BCUT2D eigenvalue weighted by Crippen LogP contribution is -2.43. The normalized spacial score (nSPS) is 22.3. The molecule has 2 fully saturated rings. The van der Waals surface area contributed by atoms with Crippen molar-refractivity contribution in [3.8, 4) is 11.5 Å². The van der Waals surface area contributed by atoms with E-state index in [2.05, 4.69) is 5.32 Å². The van der Waals surface area contributed by atoms with E-state index in [1.165, 1.54) is 22.9 Å². The Bertz CT molecular complexity index is 1150. The number of sulfonamides is 1. The van der Waals surface area contributed by atoms with Crippen molar-refractivity contribution in [2.75, 3.05) is 18.4 Å². The molecule has 1 amide bonds. The van der Waals surface area contributed by atoms with E-state index in [0.29, 0.717) is 36.6 Å². The summed E-state index contributed by atoms with van der Waals surface area (Å²) in [6, 6.07) is 10.1. The van der Waals surface area contributed by atoms with Crippen molar-refractivity contribution in [1.29, 1.82) is 0 Å². The summed E-state index contributed by atoms with van der Waals surface area (Å²) in [6.45, 7) is 0.412. The van der Waals surface area contributed by atoms with E-state index in [-0.39, 0.29) is 17.3 Å². The first-order valence-electron chi connectivity index (χ1n) is 11.4. The third-order valence-corrected chi connectivity index (χ3v) is 8.50. The number of ether oxygens (including phenoxy) is 2. The van der Waals surface area contributed by atoms with Crippen LogP contribution in [-0.2, 0) is 14.8 Å². The molecule has 1 saturated carbocycles. The number of amides is 1. The number of hydrogen-bond donors (Lipinski definition) is 1. The van der Waals surface area contributed by atoms with Gasteiger partial charge in [-0.2, -0.15) is 4.31 Å². The zero-order valence-corrected chi connectivity index (χ0v) is 19.1. The van der Waals surface area contributed by atoms with Gasteiger partial charge >= 0.3 is 0 Å². The number of nitrogens with zero attached hydrogens (tertiary/aromatic N) is 1. The highest BCUT2D eigenvalue weighted by Crippen LogP contribution is 2.46. The molecule has 2 aromatic carbocycles. The van der Waals surface area contributed by atoms with Crippen molar-refractivity contribution in [2.45, 2.75) is 55.6 Å². The summed E-state index contributed by atoms with van der Waals surface area (Å²) in [4.78, 5) is 13.0. The number of hydrogen-bond acceptors (Lipinski definition) is 5. The van der Waals surface area contributed by atoms with Gasteiger partial charge in [-0.15, -0.1) is 0 Å². The summed E-state index contributed by atoms with van der Waals surface area (Å²) in [5.41, 5.74) is 0.591. The second-order valence-corrected chi connectivity index (χ2v) is 10.9. The minimum Gasteiger partial charge on any atom is -0.448 e. The average molecular weight is 475 g/mol. The molecule has 33 heavy (non-hydrogen) atoms. The molecule has 1 aliphatic carbocycles. The van der Waals surface area contributed by atoms with Gasteiger partial charge < -0.3 is 14.8 Å². The van der Waals surface area contributed by atoms with Crippen LogP contribution in [0.4, 0.5) is 10.1 Å². The van der Waals surface area contributed by atoms with Crippen LogP contribution in [0, 0.1) is 11.7 Å². The van der Waals surface area contributed by atoms with Crippen LogP contribution in [-0.4, -0.2) is 37.5 Å². The van der Waals surface area contributed by atoms with Crippen LogP contribution < -0.4 is 14.8 Å². The third-order valence-electron chi connectivity index (χ3n) is 6.62. The van der Waals surface area contributed by atoms with Crippen molar-refractivity contribution in [2.24, 2.45) is 5.92 Å². The molecule has 2 aromatic rings. The summed E-state index contributed by atoms with van der Waals surface area (Å²) >= 11 is 0. The first-order valence-corrected chi connectivity index (χ1v) is 12.9. The highest BCUT2D eigenvalue weighted by atomic mass is 32.2. The monoisotopic (exact) mass is 474 g/mol. The Hall–Kier alpha value is -2.65. The van der Waals surface area contributed by atoms with Gasteiger partial charge in [0.25, 0.3) is 5.79 Å². The molecule has 176 valence electrons. The smallest absolute Gasteiger partial charge is 0.251 e. The third kappa shape index (κ3) is 4.44. The Morgan fingerprint density at radius 2 is 1.73 bits per heavy atom. The summed E-state index contributed by atoms with van der Waals surface area (Å²) in [5.74, 6) is -0.489. The fraction of sp³-hybridized carbons (Fsp3) is 0.458. The summed E-state index contributed by atoms with van der Waals surface area (Å²) in [7, 11) is -3.79. The molecule has 0 bridgehead atoms. The van der Waals surface area contributed by atoms with Crippen LogP contribution in [0.2, 0.25) is 0 Å². The molecular formula is C24H27FN2O5S. The number of benzene rings is 2. The van der Waals surface area contributed by atoms with Gasteiger partial charge in [-0.05, 0) is 62.1 Å². The van der Waals surface area contributed by atoms with E-state index in [0.717, 1.165) is 37.8 Å². The van der Waals surface area contributed by atoms with Gasteiger partial charge in [0.2, 0.25) is 15.9 Å². The van der Waals surface area contributed by atoms with E-state index < -0.39 is 27.5 Å². The second kappa shape index (κ2) is 8.61. The molecule has 0 aromatic heterocycles. The lowest BCUT2D eigenvalue weighted by molar-refractivity contribution is -0.120. The van der Waals surface area contributed by atoms with Crippen LogP contribution in [0.15, 0.2) is 47.4 Å². The zero-order chi connectivity index (χ0) is 23.1. The highest BCUT2D eigenvalue weighted by molar-refractivity contribution is 7.89. The minimum absolute atomic E-state index is 0.0253. The van der Waals surface area contributed by atoms with E-state index in [9.17, 15) is 17.6 Å². The minimum atomic E-state index is -3.79. The van der Waals surface area contributed by atoms with Crippen LogP contribution in [0.1, 0.15) is 44.9 Å². The van der Waals surface area contributed by atoms with Gasteiger partial charge in [0.15, 0.2) is 11.5 Å². The Balaban J connectivity index is 1.25. The largest absolute Gasteiger partial charge is 0.448 e. The van der Waals surface area contributed by atoms with Gasteiger partial charge in [0, 0.05) is 37.7 Å². The number of anilines is 1. The average Bonchev–Trinajstić information content (AvgIpc) is 3.16. The first-order chi connectivity index (χ1) is 15.8. The Morgan fingerprint density at radius 3 is 2.48 bits per heavy atom. The summed E-state index contributed by atoms with van der Waals surface area (Å²) in [6.07, 6.45) is 6.18. The predicted octanol–water partition coefficient (Wildman–Crippen LogP) is 4.30. The topological polar surface area (TPSA) is 84.9 Å². The number of nitrogens with one attached hydrogen (secondary N) is 1. The molecule has 1 saturated heterocycles. The van der Waals surface area contributed by atoms with Crippen molar-refractivity contribution >= 4 is 21.6 Å². The van der Waals surface area contributed by atoms with Crippen LogP contribution >= 0.6 is 0 Å². The lowest BCUT2D eigenvalue weighted by Gasteiger charge is -2.31. The van der Waals surface area contributed by atoms with Gasteiger partial charge in [-0.25, -0.2) is 12.8 Å². The molecule has 0 radical (unpaired) electrons. The van der Waals surface area contributed by atoms with Crippen molar-refractivity contribution < 1.29 is 27.1 Å². The first kappa shape index (κ1) is 22.2. The molecule has 5 rings (SSSR count).